The second-order valence-electron chi connectivity index (χ2n) is 5.41. The normalized spacial score (nSPS) is 18.8. The molecule has 1 aliphatic rings. The Morgan fingerprint density at radius 1 is 1.43 bits per heavy atom. The van der Waals surface area contributed by atoms with Crippen LogP contribution in [0.2, 0.25) is 0 Å². The van der Waals surface area contributed by atoms with Crippen LogP contribution in [0.3, 0.4) is 0 Å². The van der Waals surface area contributed by atoms with Crippen LogP contribution in [0.1, 0.15) is 31.2 Å². The first-order valence-electron chi connectivity index (χ1n) is 7.59. The Hall–Kier alpha value is -1.17. The minimum atomic E-state index is 0.280. The van der Waals surface area contributed by atoms with Crippen LogP contribution in [-0.4, -0.2) is 47.3 Å². The topological polar surface area (TPSA) is 58.7 Å². The standard InChI is InChI=1S/C16H24N2O2S/c17-16(21)14-7-1-2-8-15(14)20-12-10-18-9-3-5-13(18)6-4-11-19/h1-2,7-8,13,19H,3-6,9-12H2,(H2,17,21). The summed E-state index contributed by atoms with van der Waals surface area (Å²) in [7, 11) is 0. The third-order valence-electron chi connectivity index (χ3n) is 3.98. The second-order valence-corrected chi connectivity index (χ2v) is 5.85. The fraction of sp³-hybridized carbons (Fsp3) is 0.562. The van der Waals surface area contributed by atoms with Crippen molar-refractivity contribution in [1.29, 1.82) is 0 Å². The van der Waals surface area contributed by atoms with E-state index in [1.165, 1.54) is 12.8 Å². The summed E-state index contributed by atoms with van der Waals surface area (Å²) in [6.07, 6.45) is 4.41. The molecule has 2 rings (SSSR count). The van der Waals surface area contributed by atoms with Crippen LogP contribution in [-0.2, 0) is 0 Å². The quantitative estimate of drug-likeness (QED) is 0.719. The molecule has 3 N–H and O–H groups in total. The van der Waals surface area contributed by atoms with Gasteiger partial charge in [-0.2, -0.15) is 0 Å². The molecule has 1 aliphatic heterocycles. The molecule has 1 heterocycles. The van der Waals surface area contributed by atoms with Crippen molar-refractivity contribution in [2.24, 2.45) is 5.73 Å². The van der Waals surface area contributed by atoms with Gasteiger partial charge in [-0.15, -0.1) is 0 Å². The van der Waals surface area contributed by atoms with Crippen LogP contribution >= 0.6 is 12.2 Å². The van der Waals surface area contributed by atoms with Gasteiger partial charge in [-0.05, 0) is 44.4 Å². The molecule has 21 heavy (non-hydrogen) atoms. The van der Waals surface area contributed by atoms with Crippen molar-refractivity contribution in [2.45, 2.75) is 31.7 Å². The molecular formula is C16H24N2O2S. The van der Waals surface area contributed by atoms with Crippen LogP contribution < -0.4 is 10.5 Å². The maximum atomic E-state index is 8.95. The van der Waals surface area contributed by atoms with Crippen LogP contribution in [0.5, 0.6) is 5.75 Å². The number of nitrogens with two attached hydrogens (primary N) is 1. The predicted molar refractivity (Wildman–Crippen MR) is 88.7 cm³/mol. The number of thiocarbonyl (C=S) groups is 1. The molecule has 116 valence electrons. The molecule has 1 saturated heterocycles. The van der Waals surface area contributed by atoms with Gasteiger partial charge in [0.15, 0.2) is 0 Å². The van der Waals surface area contributed by atoms with Crippen LogP contribution in [0.4, 0.5) is 0 Å². The number of rotatable bonds is 8. The van der Waals surface area contributed by atoms with E-state index in [-0.39, 0.29) is 6.61 Å². The van der Waals surface area contributed by atoms with E-state index in [0.29, 0.717) is 17.6 Å². The van der Waals surface area contributed by atoms with E-state index in [1.54, 1.807) is 0 Å². The zero-order chi connectivity index (χ0) is 15.1. The molecule has 0 saturated carbocycles. The van der Waals surface area contributed by atoms with Gasteiger partial charge in [-0.3, -0.25) is 4.90 Å². The molecule has 5 heteroatoms. The lowest BCUT2D eigenvalue weighted by Gasteiger charge is -2.24. The van der Waals surface area contributed by atoms with Gasteiger partial charge in [-0.25, -0.2) is 0 Å². The zero-order valence-electron chi connectivity index (χ0n) is 12.3. The number of likely N-dealkylation sites (tertiary alicyclic amines) is 1. The summed E-state index contributed by atoms with van der Waals surface area (Å²) in [5.41, 5.74) is 6.50. The molecule has 0 radical (unpaired) electrons. The Morgan fingerprint density at radius 3 is 3.00 bits per heavy atom. The monoisotopic (exact) mass is 308 g/mol. The van der Waals surface area contributed by atoms with E-state index in [1.807, 2.05) is 24.3 Å². The fourth-order valence-corrected chi connectivity index (χ4v) is 3.08. The van der Waals surface area contributed by atoms with Gasteiger partial charge in [0.25, 0.3) is 0 Å². The Bertz CT molecular complexity index is 467. The van der Waals surface area contributed by atoms with Crippen molar-refractivity contribution in [3.05, 3.63) is 29.8 Å². The highest BCUT2D eigenvalue weighted by Gasteiger charge is 2.23. The lowest BCUT2D eigenvalue weighted by molar-refractivity contribution is 0.180. The highest BCUT2D eigenvalue weighted by Crippen LogP contribution is 2.22. The SMILES string of the molecule is NC(=S)c1ccccc1OCCN1CCCC1CCCO. The Balaban J connectivity index is 1.82. The first-order valence-corrected chi connectivity index (χ1v) is 7.99. The molecule has 0 spiro atoms. The predicted octanol–water partition coefficient (Wildman–Crippen LogP) is 1.94. The molecule has 1 fully saturated rings. The van der Waals surface area contributed by atoms with E-state index >= 15 is 0 Å². The largest absolute Gasteiger partial charge is 0.492 e. The Kier molecular flexibility index (Phi) is 6.42. The summed E-state index contributed by atoms with van der Waals surface area (Å²) in [5, 5.41) is 8.95. The van der Waals surface area contributed by atoms with Crippen molar-refractivity contribution in [3.63, 3.8) is 0 Å². The van der Waals surface area contributed by atoms with Crippen molar-refractivity contribution in [2.75, 3.05) is 26.3 Å². The molecule has 1 aromatic rings. The highest BCUT2D eigenvalue weighted by atomic mass is 32.1. The highest BCUT2D eigenvalue weighted by molar-refractivity contribution is 7.80. The second kappa shape index (κ2) is 8.32. The van der Waals surface area contributed by atoms with Gasteiger partial charge in [0.05, 0.1) is 5.56 Å². The first-order chi connectivity index (χ1) is 10.2. The van der Waals surface area contributed by atoms with Gasteiger partial charge < -0.3 is 15.6 Å². The van der Waals surface area contributed by atoms with E-state index in [4.69, 9.17) is 27.8 Å². The van der Waals surface area contributed by atoms with Crippen molar-refractivity contribution >= 4 is 17.2 Å². The van der Waals surface area contributed by atoms with Crippen LogP contribution in [0.15, 0.2) is 24.3 Å². The lowest BCUT2D eigenvalue weighted by Crippen LogP contribution is -2.33. The number of ether oxygens (including phenoxy) is 1. The lowest BCUT2D eigenvalue weighted by atomic mass is 10.1. The average molecular weight is 308 g/mol. The third-order valence-corrected chi connectivity index (χ3v) is 4.20. The summed E-state index contributed by atoms with van der Waals surface area (Å²) in [6, 6.07) is 8.22. The van der Waals surface area contributed by atoms with E-state index in [2.05, 4.69) is 4.90 Å². The molecule has 0 bridgehead atoms. The number of benzene rings is 1. The van der Waals surface area contributed by atoms with Gasteiger partial charge in [0.1, 0.15) is 17.3 Å². The maximum absolute atomic E-state index is 8.95. The van der Waals surface area contributed by atoms with Crippen molar-refractivity contribution in [1.82, 2.24) is 4.90 Å². The van der Waals surface area contributed by atoms with E-state index in [9.17, 15) is 0 Å². The Labute approximate surface area is 131 Å². The number of hydrogen-bond acceptors (Lipinski definition) is 4. The zero-order valence-corrected chi connectivity index (χ0v) is 13.1. The number of para-hydroxylation sites is 1. The molecule has 4 nitrogen and oxygen atoms in total. The van der Waals surface area contributed by atoms with Gasteiger partial charge in [0, 0.05) is 19.2 Å². The summed E-state index contributed by atoms with van der Waals surface area (Å²) in [6.45, 7) is 2.94. The average Bonchev–Trinajstić information content (AvgIpc) is 2.93. The molecule has 0 aromatic heterocycles. The number of hydrogen-bond donors (Lipinski definition) is 2. The summed E-state index contributed by atoms with van der Waals surface area (Å²) in [4.78, 5) is 2.83. The third kappa shape index (κ3) is 4.66. The smallest absolute Gasteiger partial charge is 0.129 e. The Morgan fingerprint density at radius 2 is 2.24 bits per heavy atom. The fourth-order valence-electron chi connectivity index (χ4n) is 2.91. The van der Waals surface area contributed by atoms with E-state index < -0.39 is 0 Å². The summed E-state index contributed by atoms with van der Waals surface area (Å²) >= 11 is 5.04. The molecule has 0 amide bonds. The molecule has 0 aliphatic carbocycles. The first kappa shape index (κ1) is 16.2. The van der Waals surface area contributed by atoms with Gasteiger partial charge >= 0.3 is 0 Å². The van der Waals surface area contributed by atoms with Gasteiger partial charge in [-0.1, -0.05) is 24.4 Å². The number of nitrogens with zero attached hydrogens (tertiary/aromatic N) is 1. The van der Waals surface area contributed by atoms with Crippen LogP contribution in [0, 0.1) is 0 Å². The molecule has 1 atom stereocenters. The molecule has 1 unspecified atom stereocenters. The number of aliphatic hydroxyl groups excluding tert-OH is 1. The number of aliphatic hydroxyl groups is 1. The molecule has 1 aromatic carbocycles. The van der Waals surface area contributed by atoms with Gasteiger partial charge in [0.2, 0.25) is 0 Å². The maximum Gasteiger partial charge on any atom is 0.129 e. The van der Waals surface area contributed by atoms with Crippen LogP contribution in [0.25, 0.3) is 0 Å². The minimum Gasteiger partial charge on any atom is -0.492 e. The molecular weight excluding hydrogens is 284 g/mol. The van der Waals surface area contributed by atoms with Crippen molar-refractivity contribution < 1.29 is 9.84 Å². The van der Waals surface area contributed by atoms with Crippen molar-refractivity contribution in [3.8, 4) is 5.75 Å². The minimum absolute atomic E-state index is 0.280. The van der Waals surface area contributed by atoms with E-state index in [0.717, 1.165) is 37.2 Å². The summed E-state index contributed by atoms with van der Waals surface area (Å²) in [5.74, 6) is 0.760. The summed E-state index contributed by atoms with van der Waals surface area (Å²) < 4.78 is 5.85.